The van der Waals surface area contributed by atoms with Crippen LogP contribution in [-0.2, 0) is 23.6 Å². The van der Waals surface area contributed by atoms with E-state index in [9.17, 15) is 13.2 Å². The number of amides is 1. The number of sulfonamides is 1. The average Bonchev–Trinajstić information content (AvgIpc) is 3.20. The first-order valence-corrected chi connectivity index (χ1v) is 9.04. The maximum absolute atomic E-state index is 12.7. The Bertz CT molecular complexity index is 920. The first-order chi connectivity index (χ1) is 11.8. The first kappa shape index (κ1) is 17.3. The van der Waals surface area contributed by atoms with Gasteiger partial charge in [0.2, 0.25) is 16.8 Å². The third-order valence-corrected chi connectivity index (χ3v) is 5.36. The quantitative estimate of drug-likeness (QED) is 0.852. The van der Waals surface area contributed by atoms with Crippen LogP contribution < -0.4 is 14.2 Å². The number of hydrogen-bond acceptors (Lipinski definition) is 5. The summed E-state index contributed by atoms with van der Waals surface area (Å²) < 4.78 is 38.1. The molecule has 1 aromatic carbocycles. The summed E-state index contributed by atoms with van der Waals surface area (Å²) >= 11 is 0. The van der Waals surface area contributed by atoms with Crippen molar-refractivity contribution in [3.63, 3.8) is 0 Å². The van der Waals surface area contributed by atoms with Crippen molar-refractivity contribution in [1.29, 1.82) is 0 Å². The van der Waals surface area contributed by atoms with Gasteiger partial charge in [-0.25, -0.2) is 13.1 Å². The van der Waals surface area contributed by atoms with Crippen LogP contribution in [0, 0.1) is 0 Å². The van der Waals surface area contributed by atoms with E-state index in [0.29, 0.717) is 18.0 Å². The second-order valence-electron chi connectivity index (χ2n) is 5.73. The van der Waals surface area contributed by atoms with Gasteiger partial charge in [-0.3, -0.25) is 4.79 Å². The van der Waals surface area contributed by atoms with Crippen molar-refractivity contribution in [3.8, 4) is 11.5 Å². The van der Waals surface area contributed by atoms with E-state index in [4.69, 9.17) is 9.47 Å². The van der Waals surface area contributed by atoms with Crippen molar-refractivity contribution >= 4 is 15.9 Å². The van der Waals surface area contributed by atoms with Gasteiger partial charge in [0.15, 0.2) is 11.5 Å². The highest BCUT2D eigenvalue weighted by atomic mass is 32.2. The molecule has 0 radical (unpaired) electrons. The summed E-state index contributed by atoms with van der Waals surface area (Å²) in [5, 5.41) is 0. The van der Waals surface area contributed by atoms with Gasteiger partial charge in [-0.05, 0) is 30.8 Å². The lowest BCUT2D eigenvalue weighted by Crippen LogP contribution is -2.27. The largest absolute Gasteiger partial charge is 0.454 e. The number of ether oxygens (including phenoxy) is 2. The first-order valence-electron chi connectivity index (χ1n) is 7.55. The van der Waals surface area contributed by atoms with Crippen LogP contribution in [0.15, 0.2) is 35.4 Å². The molecule has 0 unspecified atom stereocenters. The number of aromatic nitrogens is 1. The summed E-state index contributed by atoms with van der Waals surface area (Å²) in [7, 11) is 1.03. The molecule has 0 saturated carbocycles. The molecule has 9 heteroatoms. The molecule has 25 heavy (non-hydrogen) atoms. The molecule has 1 aromatic heterocycles. The Hall–Kier alpha value is -2.52. The fourth-order valence-corrected chi connectivity index (χ4v) is 3.39. The van der Waals surface area contributed by atoms with Crippen molar-refractivity contribution in [2.75, 3.05) is 20.9 Å². The number of nitrogens with zero attached hydrogens (tertiary/aromatic N) is 2. The van der Waals surface area contributed by atoms with Crippen molar-refractivity contribution in [2.45, 2.75) is 11.4 Å². The predicted molar refractivity (Wildman–Crippen MR) is 90.0 cm³/mol. The molecule has 134 valence electrons. The number of hydrogen-bond donors (Lipinski definition) is 1. The molecule has 0 fully saturated rings. The second-order valence-corrected chi connectivity index (χ2v) is 7.61. The van der Waals surface area contributed by atoms with Gasteiger partial charge in [0, 0.05) is 26.8 Å². The fourth-order valence-electron chi connectivity index (χ4n) is 2.59. The molecular weight excluding hydrogens is 346 g/mol. The number of aryl methyl sites for hydroxylation is 1. The fraction of sp³-hybridized carbons (Fsp3) is 0.312. The van der Waals surface area contributed by atoms with Gasteiger partial charge in [-0.1, -0.05) is 6.07 Å². The van der Waals surface area contributed by atoms with Crippen LogP contribution in [-0.4, -0.2) is 44.7 Å². The second kappa shape index (κ2) is 6.41. The molecule has 8 nitrogen and oxygen atoms in total. The molecule has 0 atom stereocenters. The highest BCUT2D eigenvalue weighted by Gasteiger charge is 2.22. The SMILES string of the molecule is CNS(=O)(=O)c1cc(C(=O)N(C)Cc2ccc3c(c2)OCO3)n(C)c1. The maximum atomic E-state index is 12.7. The molecule has 2 heterocycles. The van der Waals surface area contributed by atoms with E-state index in [-0.39, 0.29) is 23.3 Å². The van der Waals surface area contributed by atoms with Gasteiger partial charge in [-0.2, -0.15) is 0 Å². The molecule has 0 spiro atoms. The molecule has 1 N–H and O–H groups in total. The van der Waals surface area contributed by atoms with Crippen LogP contribution in [0.25, 0.3) is 0 Å². The van der Waals surface area contributed by atoms with Gasteiger partial charge in [0.1, 0.15) is 10.6 Å². The predicted octanol–water partition coefficient (Wildman–Crippen LogP) is 0.934. The van der Waals surface area contributed by atoms with E-state index in [0.717, 1.165) is 5.56 Å². The third-order valence-electron chi connectivity index (χ3n) is 3.98. The summed E-state index contributed by atoms with van der Waals surface area (Å²) in [5.74, 6) is 1.06. The summed E-state index contributed by atoms with van der Waals surface area (Å²) in [6.07, 6.45) is 1.41. The van der Waals surface area contributed by atoms with Crippen LogP contribution in [0.3, 0.4) is 0 Å². The Morgan fingerprint density at radius 3 is 2.72 bits per heavy atom. The standard InChI is InChI=1S/C16H19N3O5S/c1-17-25(21,22)12-7-13(18(2)9-12)16(20)19(3)8-11-4-5-14-15(6-11)24-10-23-14/h4-7,9,17H,8,10H2,1-3H3. The zero-order valence-electron chi connectivity index (χ0n) is 14.1. The van der Waals surface area contributed by atoms with Crippen LogP contribution in [0.5, 0.6) is 11.5 Å². The maximum Gasteiger partial charge on any atom is 0.270 e. The van der Waals surface area contributed by atoms with Crippen LogP contribution in [0.2, 0.25) is 0 Å². The Morgan fingerprint density at radius 1 is 1.28 bits per heavy atom. The summed E-state index contributed by atoms with van der Waals surface area (Å²) in [5.41, 5.74) is 1.18. The van der Waals surface area contributed by atoms with Gasteiger partial charge in [0.25, 0.3) is 5.91 Å². The molecule has 3 rings (SSSR count). The number of fused-ring (bicyclic) bond motifs is 1. The molecule has 1 aliphatic heterocycles. The number of carbonyl (C=O) groups is 1. The molecule has 2 aromatic rings. The van der Waals surface area contributed by atoms with E-state index in [1.54, 1.807) is 20.2 Å². The Labute approximate surface area is 146 Å². The molecule has 0 saturated heterocycles. The molecule has 0 aliphatic carbocycles. The lowest BCUT2D eigenvalue weighted by atomic mass is 10.2. The molecule has 0 bridgehead atoms. The van der Waals surface area contributed by atoms with Crippen LogP contribution in [0.4, 0.5) is 0 Å². The average molecular weight is 365 g/mol. The van der Waals surface area contributed by atoms with E-state index in [1.807, 2.05) is 12.1 Å². The van der Waals surface area contributed by atoms with Crippen molar-refractivity contribution in [1.82, 2.24) is 14.2 Å². The van der Waals surface area contributed by atoms with Crippen LogP contribution in [0.1, 0.15) is 16.1 Å². The normalized spacial score (nSPS) is 13.1. The number of benzene rings is 1. The van der Waals surface area contributed by atoms with Crippen LogP contribution >= 0.6 is 0 Å². The lowest BCUT2D eigenvalue weighted by molar-refractivity contribution is 0.0775. The smallest absolute Gasteiger partial charge is 0.270 e. The summed E-state index contributed by atoms with van der Waals surface area (Å²) in [6, 6.07) is 6.85. The highest BCUT2D eigenvalue weighted by Crippen LogP contribution is 2.32. The van der Waals surface area contributed by atoms with E-state index >= 15 is 0 Å². The van der Waals surface area contributed by atoms with Gasteiger partial charge in [-0.15, -0.1) is 0 Å². The third kappa shape index (κ3) is 3.33. The van der Waals surface area contributed by atoms with E-state index in [2.05, 4.69) is 4.72 Å². The number of carbonyl (C=O) groups excluding carboxylic acids is 1. The number of rotatable bonds is 5. The lowest BCUT2D eigenvalue weighted by Gasteiger charge is -2.17. The zero-order chi connectivity index (χ0) is 18.2. The van der Waals surface area contributed by atoms with E-state index < -0.39 is 10.0 Å². The van der Waals surface area contributed by atoms with Gasteiger partial charge >= 0.3 is 0 Å². The van der Waals surface area contributed by atoms with Crippen molar-refractivity contribution in [2.24, 2.45) is 7.05 Å². The number of nitrogens with one attached hydrogen (secondary N) is 1. The zero-order valence-corrected chi connectivity index (χ0v) is 15.0. The Kier molecular flexibility index (Phi) is 4.44. The minimum atomic E-state index is -3.60. The topological polar surface area (TPSA) is 89.9 Å². The highest BCUT2D eigenvalue weighted by molar-refractivity contribution is 7.89. The van der Waals surface area contributed by atoms with Crippen molar-refractivity contribution < 1.29 is 22.7 Å². The van der Waals surface area contributed by atoms with Crippen molar-refractivity contribution in [3.05, 3.63) is 41.7 Å². The van der Waals surface area contributed by atoms with E-state index in [1.165, 1.54) is 28.8 Å². The monoisotopic (exact) mass is 365 g/mol. The molecule has 1 aliphatic rings. The van der Waals surface area contributed by atoms with Gasteiger partial charge in [0.05, 0.1) is 0 Å². The molecular formula is C16H19N3O5S. The van der Waals surface area contributed by atoms with Gasteiger partial charge < -0.3 is 18.9 Å². The summed E-state index contributed by atoms with van der Waals surface area (Å²) in [4.78, 5) is 14.2. The Morgan fingerprint density at radius 2 is 2.00 bits per heavy atom. The summed E-state index contributed by atoms with van der Waals surface area (Å²) in [6.45, 7) is 0.550. The Balaban J connectivity index is 1.79. The minimum absolute atomic E-state index is 0.0531. The minimum Gasteiger partial charge on any atom is -0.454 e. The molecule has 1 amide bonds.